The molecule has 0 radical (unpaired) electrons. The maximum atomic E-state index is 11.7. The van der Waals surface area contributed by atoms with Gasteiger partial charge in [0, 0.05) is 33.2 Å². The first-order valence-electron chi connectivity index (χ1n) is 9.04. The largest absolute Gasteiger partial charge is 0.356 e. The van der Waals surface area contributed by atoms with E-state index in [0.717, 1.165) is 24.8 Å². The van der Waals surface area contributed by atoms with Gasteiger partial charge in [0.05, 0.1) is 5.75 Å². The number of sulfonamides is 1. The second-order valence-corrected chi connectivity index (χ2v) is 8.73. The van der Waals surface area contributed by atoms with Crippen molar-refractivity contribution in [3.05, 3.63) is 0 Å². The van der Waals surface area contributed by atoms with Crippen LogP contribution in [0.1, 0.15) is 51.4 Å². The number of halogens is 1. The first-order valence-corrected chi connectivity index (χ1v) is 10.6. The second-order valence-electron chi connectivity index (χ2n) is 6.64. The average molecular weight is 472 g/mol. The van der Waals surface area contributed by atoms with E-state index >= 15 is 0 Å². The van der Waals surface area contributed by atoms with E-state index in [1.165, 1.54) is 44.9 Å². The third-order valence-corrected chi connectivity index (χ3v) is 6.84. The van der Waals surface area contributed by atoms with Gasteiger partial charge >= 0.3 is 0 Å². The van der Waals surface area contributed by atoms with Crippen LogP contribution in [-0.2, 0) is 10.0 Å². The number of hydrogen-bond donors (Lipinski definition) is 2. The van der Waals surface area contributed by atoms with Gasteiger partial charge in [-0.15, -0.1) is 24.0 Å². The van der Waals surface area contributed by atoms with Crippen LogP contribution in [0.3, 0.4) is 0 Å². The lowest BCUT2D eigenvalue weighted by Gasteiger charge is -2.21. The van der Waals surface area contributed by atoms with Crippen molar-refractivity contribution in [1.29, 1.82) is 0 Å². The van der Waals surface area contributed by atoms with E-state index in [9.17, 15) is 8.42 Å². The molecule has 0 aromatic rings. The van der Waals surface area contributed by atoms with Gasteiger partial charge in [-0.05, 0) is 25.2 Å². The Balaban J connectivity index is 0.00000288. The average Bonchev–Trinajstić information content (AvgIpc) is 2.89. The summed E-state index contributed by atoms with van der Waals surface area (Å²) in [7, 11) is -1.24. The van der Waals surface area contributed by atoms with Crippen LogP contribution in [0.15, 0.2) is 4.99 Å². The summed E-state index contributed by atoms with van der Waals surface area (Å²) in [5, 5.41) is 6.53. The van der Waals surface area contributed by atoms with Crippen LogP contribution in [-0.4, -0.2) is 57.7 Å². The molecule has 1 saturated carbocycles. The van der Waals surface area contributed by atoms with Gasteiger partial charge in [0.1, 0.15) is 0 Å². The summed E-state index contributed by atoms with van der Waals surface area (Å²) in [5.41, 5.74) is 0. The Labute approximate surface area is 164 Å². The number of rotatable bonds is 7. The van der Waals surface area contributed by atoms with Crippen molar-refractivity contribution < 1.29 is 8.42 Å². The Kier molecular flexibility index (Phi) is 10.5. The predicted octanol–water partition coefficient (Wildman–Crippen LogP) is 2.17. The lowest BCUT2D eigenvalue weighted by atomic mass is 9.86. The summed E-state index contributed by atoms with van der Waals surface area (Å²) < 4.78 is 25.0. The molecule has 0 atom stereocenters. The van der Waals surface area contributed by atoms with E-state index in [2.05, 4.69) is 15.6 Å². The molecule has 0 unspecified atom stereocenters. The second kappa shape index (κ2) is 11.5. The van der Waals surface area contributed by atoms with Gasteiger partial charge in [0.25, 0.3) is 0 Å². The third kappa shape index (κ3) is 7.43. The van der Waals surface area contributed by atoms with Crippen LogP contribution in [0.25, 0.3) is 0 Å². The highest BCUT2D eigenvalue weighted by atomic mass is 127. The highest BCUT2D eigenvalue weighted by molar-refractivity contribution is 14.0. The molecule has 6 nitrogen and oxygen atoms in total. The maximum absolute atomic E-state index is 11.7. The molecule has 24 heavy (non-hydrogen) atoms. The molecular formula is C16H33IN4O2S. The van der Waals surface area contributed by atoms with Crippen LogP contribution in [0.4, 0.5) is 0 Å². The molecule has 2 rings (SSSR count). The standard InChI is InChI=1S/C16H32N4O2S.HI/c1-17-16(18-10-5-9-15-7-3-2-4-8-15)19-11-13-20-12-6-14-23(20,21)22;/h15H,2-14H2,1H3,(H2,17,18,19);1H. The minimum atomic E-state index is -2.99. The Morgan fingerprint density at radius 1 is 1.12 bits per heavy atom. The van der Waals surface area contributed by atoms with Crippen molar-refractivity contribution in [2.75, 3.05) is 39.0 Å². The summed E-state index contributed by atoms with van der Waals surface area (Å²) in [6.07, 6.45) is 10.2. The highest BCUT2D eigenvalue weighted by Crippen LogP contribution is 2.26. The fourth-order valence-electron chi connectivity index (χ4n) is 3.54. The molecule has 2 fully saturated rings. The molecule has 1 heterocycles. The van der Waals surface area contributed by atoms with Crippen LogP contribution < -0.4 is 10.6 Å². The van der Waals surface area contributed by atoms with Gasteiger partial charge in [-0.2, -0.15) is 0 Å². The summed E-state index contributed by atoms with van der Waals surface area (Å²) >= 11 is 0. The Morgan fingerprint density at radius 3 is 2.46 bits per heavy atom. The van der Waals surface area contributed by atoms with Gasteiger partial charge in [0.15, 0.2) is 5.96 Å². The van der Waals surface area contributed by atoms with Crippen molar-refractivity contribution in [1.82, 2.24) is 14.9 Å². The number of hydrogen-bond acceptors (Lipinski definition) is 3. The van der Waals surface area contributed by atoms with E-state index in [1.807, 2.05) is 0 Å². The number of aliphatic imine (C=N–C) groups is 1. The van der Waals surface area contributed by atoms with E-state index < -0.39 is 10.0 Å². The number of nitrogens with one attached hydrogen (secondary N) is 2. The molecule has 2 aliphatic rings. The first-order chi connectivity index (χ1) is 11.1. The van der Waals surface area contributed by atoms with E-state index in [-0.39, 0.29) is 24.0 Å². The zero-order valence-corrected chi connectivity index (χ0v) is 17.9. The quantitative estimate of drug-likeness (QED) is 0.258. The molecule has 142 valence electrons. The van der Waals surface area contributed by atoms with Gasteiger partial charge in [-0.3, -0.25) is 4.99 Å². The number of nitrogens with zero attached hydrogens (tertiary/aromatic N) is 2. The molecule has 0 aromatic heterocycles. The van der Waals surface area contributed by atoms with Crippen molar-refractivity contribution in [2.45, 2.75) is 51.4 Å². The molecular weight excluding hydrogens is 439 g/mol. The molecule has 2 N–H and O–H groups in total. The minimum Gasteiger partial charge on any atom is -0.356 e. The van der Waals surface area contributed by atoms with Crippen molar-refractivity contribution >= 4 is 40.0 Å². The Hall–Kier alpha value is -0.0900. The monoisotopic (exact) mass is 472 g/mol. The van der Waals surface area contributed by atoms with Gasteiger partial charge in [-0.1, -0.05) is 32.1 Å². The van der Waals surface area contributed by atoms with Crippen molar-refractivity contribution in [3.63, 3.8) is 0 Å². The molecule has 1 aliphatic carbocycles. The SMILES string of the molecule is CN=C(NCCCC1CCCCC1)NCCN1CCCS1(=O)=O.I. The molecule has 1 aliphatic heterocycles. The maximum Gasteiger partial charge on any atom is 0.214 e. The van der Waals surface area contributed by atoms with E-state index in [0.29, 0.717) is 25.4 Å². The van der Waals surface area contributed by atoms with Gasteiger partial charge in [0.2, 0.25) is 10.0 Å². The van der Waals surface area contributed by atoms with Crippen LogP contribution in [0, 0.1) is 5.92 Å². The normalized spacial score (nSPS) is 22.1. The Morgan fingerprint density at radius 2 is 1.83 bits per heavy atom. The summed E-state index contributed by atoms with van der Waals surface area (Å²) in [6.45, 7) is 2.70. The van der Waals surface area contributed by atoms with Crippen LogP contribution in [0.2, 0.25) is 0 Å². The summed E-state index contributed by atoms with van der Waals surface area (Å²) in [6, 6.07) is 0. The topological polar surface area (TPSA) is 73.8 Å². The lowest BCUT2D eigenvalue weighted by molar-refractivity contribution is 0.332. The Bertz CT molecular complexity index is 478. The summed E-state index contributed by atoms with van der Waals surface area (Å²) in [4.78, 5) is 4.20. The third-order valence-electron chi connectivity index (χ3n) is 4.89. The zero-order valence-electron chi connectivity index (χ0n) is 14.8. The van der Waals surface area contributed by atoms with E-state index in [4.69, 9.17) is 0 Å². The smallest absolute Gasteiger partial charge is 0.214 e. The number of guanidine groups is 1. The van der Waals surface area contributed by atoms with Gasteiger partial charge < -0.3 is 10.6 Å². The van der Waals surface area contributed by atoms with Crippen molar-refractivity contribution in [3.8, 4) is 0 Å². The molecule has 0 spiro atoms. The van der Waals surface area contributed by atoms with Crippen LogP contribution >= 0.6 is 24.0 Å². The fourth-order valence-corrected chi connectivity index (χ4v) is 5.06. The zero-order chi connectivity index (χ0) is 16.5. The predicted molar refractivity (Wildman–Crippen MR) is 111 cm³/mol. The minimum absolute atomic E-state index is 0. The van der Waals surface area contributed by atoms with Crippen molar-refractivity contribution in [2.24, 2.45) is 10.9 Å². The fraction of sp³-hybridized carbons (Fsp3) is 0.938. The lowest BCUT2D eigenvalue weighted by Crippen LogP contribution is -2.42. The van der Waals surface area contributed by atoms with Crippen LogP contribution in [0.5, 0.6) is 0 Å². The molecule has 0 aromatic carbocycles. The molecule has 0 bridgehead atoms. The molecule has 0 amide bonds. The summed E-state index contributed by atoms with van der Waals surface area (Å²) in [5.74, 6) is 1.98. The molecule has 1 saturated heterocycles. The van der Waals surface area contributed by atoms with E-state index in [1.54, 1.807) is 11.4 Å². The highest BCUT2D eigenvalue weighted by Gasteiger charge is 2.27. The first kappa shape index (κ1) is 22.0. The molecule has 8 heteroatoms. The van der Waals surface area contributed by atoms with Gasteiger partial charge in [-0.25, -0.2) is 12.7 Å².